The average Bonchev–Trinajstić information content (AvgIpc) is 2.90. The molecule has 3 rings (SSSR count). The lowest BCUT2D eigenvalue weighted by molar-refractivity contribution is 0.229. The van der Waals surface area contributed by atoms with Crippen LogP contribution < -0.4 is 10.1 Å². The predicted octanol–water partition coefficient (Wildman–Crippen LogP) is 4.93. The smallest absolute Gasteiger partial charge is 0.131 e. The van der Waals surface area contributed by atoms with Crippen LogP contribution in [0.15, 0.2) is 30.3 Å². The molecule has 0 radical (unpaired) electrons. The third-order valence-corrected chi connectivity index (χ3v) is 4.63. The van der Waals surface area contributed by atoms with Crippen molar-refractivity contribution < 1.29 is 4.74 Å². The first-order valence-corrected chi connectivity index (χ1v) is 8.74. The molecular weight excluding hydrogens is 306 g/mol. The monoisotopic (exact) mass is 329 g/mol. The van der Waals surface area contributed by atoms with Crippen LogP contribution in [0.1, 0.15) is 30.0 Å². The summed E-state index contributed by atoms with van der Waals surface area (Å²) in [7, 11) is 0. The summed E-state index contributed by atoms with van der Waals surface area (Å²) in [6, 6.07) is 10.5. The highest BCUT2D eigenvalue weighted by Gasteiger charge is 2.27. The standard InChI is InChI=1S/C20H24ClNO/c1-4-8-22-12-17-10-15-9-16(21)11-18(20(15)23-17)19-13(2)6-5-7-14(19)3/h5-7,9,11,17,22H,4,8,10,12H2,1-3H3. The van der Waals surface area contributed by atoms with E-state index in [0.717, 1.165) is 42.3 Å². The summed E-state index contributed by atoms with van der Waals surface area (Å²) in [6.07, 6.45) is 2.25. The second kappa shape index (κ2) is 6.94. The lowest BCUT2D eigenvalue weighted by Crippen LogP contribution is -2.30. The molecule has 1 unspecified atom stereocenters. The molecule has 3 heteroatoms. The summed E-state index contributed by atoms with van der Waals surface area (Å²) < 4.78 is 6.28. The van der Waals surface area contributed by atoms with Gasteiger partial charge in [-0.2, -0.15) is 0 Å². The van der Waals surface area contributed by atoms with Crippen LogP contribution in [0.25, 0.3) is 11.1 Å². The molecule has 1 atom stereocenters. The Labute approximate surface area is 143 Å². The van der Waals surface area contributed by atoms with Gasteiger partial charge in [-0.15, -0.1) is 0 Å². The van der Waals surface area contributed by atoms with Crippen LogP contribution in [-0.4, -0.2) is 19.2 Å². The summed E-state index contributed by atoms with van der Waals surface area (Å²) in [5.74, 6) is 1.01. The Morgan fingerprint density at radius 1 is 1.22 bits per heavy atom. The third kappa shape index (κ3) is 3.39. The molecule has 122 valence electrons. The highest BCUT2D eigenvalue weighted by atomic mass is 35.5. The maximum absolute atomic E-state index is 6.39. The van der Waals surface area contributed by atoms with E-state index in [9.17, 15) is 0 Å². The van der Waals surface area contributed by atoms with Crippen LogP contribution in [0.3, 0.4) is 0 Å². The van der Waals surface area contributed by atoms with Crippen molar-refractivity contribution in [2.75, 3.05) is 13.1 Å². The fourth-order valence-corrected chi connectivity index (χ4v) is 3.61. The van der Waals surface area contributed by atoms with Crippen LogP contribution in [0.4, 0.5) is 0 Å². The number of hydrogen-bond donors (Lipinski definition) is 1. The molecule has 0 saturated carbocycles. The maximum Gasteiger partial charge on any atom is 0.131 e. The number of halogens is 1. The van der Waals surface area contributed by atoms with Crippen molar-refractivity contribution in [1.29, 1.82) is 0 Å². The van der Waals surface area contributed by atoms with Crippen molar-refractivity contribution in [3.8, 4) is 16.9 Å². The maximum atomic E-state index is 6.39. The SMILES string of the molecule is CCCNCC1Cc2cc(Cl)cc(-c3c(C)cccc3C)c2O1. The van der Waals surface area contributed by atoms with Gasteiger partial charge in [0.25, 0.3) is 0 Å². The molecule has 2 nitrogen and oxygen atoms in total. The molecule has 0 aromatic heterocycles. The van der Waals surface area contributed by atoms with Gasteiger partial charge in [0.2, 0.25) is 0 Å². The first-order chi connectivity index (χ1) is 11.1. The first-order valence-electron chi connectivity index (χ1n) is 8.36. The fraction of sp³-hybridized carbons (Fsp3) is 0.400. The molecule has 1 aliphatic heterocycles. The lowest BCUT2D eigenvalue weighted by Gasteiger charge is -2.16. The van der Waals surface area contributed by atoms with Gasteiger partial charge in [0, 0.05) is 23.6 Å². The van der Waals surface area contributed by atoms with Crippen molar-refractivity contribution in [3.63, 3.8) is 0 Å². The van der Waals surface area contributed by atoms with Crippen LogP contribution in [0.5, 0.6) is 5.75 Å². The highest BCUT2D eigenvalue weighted by molar-refractivity contribution is 6.31. The minimum atomic E-state index is 0.193. The Morgan fingerprint density at radius 3 is 2.65 bits per heavy atom. The van der Waals surface area contributed by atoms with Gasteiger partial charge in [-0.1, -0.05) is 36.7 Å². The Bertz CT molecular complexity index is 691. The van der Waals surface area contributed by atoms with E-state index >= 15 is 0 Å². The van der Waals surface area contributed by atoms with E-state index in [0.29, 0.717) is 0 Å². The second-order valence-electron chi connectivity index (χ2n) is 6.36. The molecule has 1 N–H and O–H groups in total. The third-order valence-electron chi connectivity index (χ3n) is 4.41. The summed E-state index contributed by atoms with van der Waals surface area (Å²) in [6.45, 7) is 8.37. The van der Waals surface area contributed by atoms with E-state index in [1.165, 1.54) is 22.3 Å². The zero-order chi connectivity index (χ0) is 16.4. The zero-order valence-corrected chi connectivity index (χ0v) is 14.8. The lowest BCUT2D eigenvalue weighted by atomic mass is 9.93. The van der Waals surface area contributed by atoms with Crippen LogP contribution >= 0.6 is 11.6 Å². The topological polar surface area (TPSA) is 21.3 Å². The first kappa shape index (κ1) is 16.4. The van der Waals surface area contributed by atoms with Crippen LogP contribution in [0.2, 0.25) is 5.02 Å². The molecule has 0 saturated heterocycles. The quantitative estimate of drug-likeness (QED) is 0.785. The summed E-state index contributed by atoms with van der Waals surface area (Å²) in [5.41, 5.74) is 6.10. The number of hydrogen-bond acceptors (Lipinski definition) is 2. The van der Waals surface area contributed by atoms with Crippen molar-refractivity contribution in [2.45, 2.75) is 39.7 Å². The van der Waals surface area contributed by atoms with Crippen molar-refractivity contribution in [3.05, 3.63) is 52.0 Å². The number of benzene rings is 2. The molecule has 0 fully saturated rings. The van der Waals surface area contributed by atoms with Gasteiger partial charge in [0.1, 0.15) is 11.9 Å². The van der Waals surface area contributed by atoms with E-state index in [2.05, 4.69) is 44.3 Å². The summed E-state index contributed by atoms with van der Waals surface area (Å²) >= 11 is 6.39. The number of nitrogens with one attached hydrogen (secondary N) is 1. The van der Waals surface area contributed by atoms with E-state index in [-0.39, 0.29) is 6.10 Å². The number of ether oxygens (including phenoxy) is 1. The molecule has 23 heavy (non-hydrogen) atoms. The van der Waals surface area contributed by atoms with Crippen LogP contribution in [0, 0.1) is 13.8 Å². The van der Waals surface area contributed by atoms with Crippen molar-refractivity contribution >= 4 is 11.6 Å². The zero-order valence-electron chi connectivity index (χ0n) is 14.1. The van der Waals surface area contributed by atoms with Gasteiger partial charge in [0.15, 0.2) is 0 Å². The van der Waals surface area contributed by atoms with E-state index in [1.807, 2.05) is 12.1 Å². The predicted molar refractivity (Wildman–Crippen MR) is 97.6 cm³/mol. The van der Waals surface area contributed by atoms with Crippen molar-refractivity contribution in [2.24, 2.45) is 0 Å². The van der Waals surface area contributed by atoms with Gasteiger partial charge in [-0.05, 0) is 61.2 Å². The minimum absolute atomic E-state index is 0.193. The van der Waals surface area contributed by atoms with E-state index in [4.69, 9.17) is 16.3 Å². The summed E-state index contributed by atoms with van der Waals surface area (Å²) in [4.78, 5) is 0. The molecule has 2 aromatic carbocycles. The van der Waals surface area contributed by atoms with E-state index in [1.54, 1.807) is 0 Å². The Kier molecular flexibility index (Phi) is 4.93. The van der Waals surface area contributed by atoms with E-state index < -0.39 is 0 Å². The average molecular weight is 330 g/mol. The van der Waals surface area contributed by atoms with Crippen molar-refractivity contribution in [1.82, 2.24) is 5.32 Å². The number of fused-ring (bicyclic) bond motifs is 1. The fourth-order valence-electron chi connectivity index (χ4n) is 3.37. The van der Waals surface area contributed by atoms with Gasteiger partial charge >= 0.3 is 0 Å². The molecule has 0 aliphatic carbocycles. The minimum Gasteiger partial charge on any atom is -0.488 e. The Hall–Kier alpha value is -1.51. The molecular formula is C20H24ClNO. The van der Waals surface area contributed by atoms with Gasteiger partial charge in [0.05, 0.1) is 0 Å². The largest absolute Gasteiger partial charge is 0.488 e. The second-order valence-corrected chi connectivity index (χ2v) is 6.79. The Balaban J connectivity index is 1.96. The molecule has 2 aromatic rings. The summed E-state index contributed by atoms with van der Waals surface area (Å²) in [5, 5.41) is 4.23. The molecule has 0 spiro atoms. The highest BCUT2D eigenvalue weighted by Crippen LogP contribution is 2.43. The normalized spacial score (nSPS) is 16.3. The Morgan fingerprint density at radius 2 is 1.96 bits per heavy atom. The molecule has 0 bridgehead atoms. The van der Waals surface area contributed by atoms with Gasteiger partial charge in [-0.3, -0.25) is 0 Å². The molecule has 0 amide bonds. The van der Waals surface area contributed by atoms with Gasteiger partial charge in [-0.25, -0.2) is 0 Å². The number of rotatable bonds is 5. The van der Waals surface area contributed by atoms with Crippen LogP contribution in [-0.2, 0) is 6.42 Å². The van der Waals surface area contributed by atoms with Gasteiger partial charge < -0.3 is 10.1 Å². The molecule has 1 heterocycles. The molecule has 1 aliphatic rings. The number of aryl methyl sites for hydroxylation is 2.